The van der Waals surface area contributed by atoms with Gasteiger partial charge in [0.1, 0.15) is 11.4 Å². The smallest absolute Gasteiger partial charge is 0.259 e. The molecule has 1 aromatic heterocycles. The number of halogens is 2. The highest BCUT2D eigenvalue weighted by Gasteiger charge is 2.32. The molecular formula is C27H26ClFN2O2S. The van der Waals surface area contributed by atoms with Gasteiger partial charge in [-0.15, -0.1) is 11.8 Å². The number of carbonyl (C=O) groups excluding carboxylic acids is 1. The molecule has 1 unspecified atom stereocenters. The van der Waals surface area contributed by atoms with Gasteiger partial charge in [0.15, 0.2) is 5.43 Å². The van der Waals surface area contributed by atoms with Gasteiger partial charge in [-0.2, -0.15) is 0 Å². The van der Waals surface area contributed by atoms with E-state index in [9.17, 15) is 14.0 Å². The van der Waals surface area contributed by atoms with Crippen molar-refractivity contribution in [1.29, 1.82) is 0 Å². The number of carbonyl (C=O) groups is 1. The Morgan fingerprint density at radius 2 is 1.85 bits per heavy atom. The zero-order chi connectivity index (χ0) is 24.0. The van der Waals surface area contributed by atoms with Crippen molar-refractivity contribution >= 4 is 29.3 Å². The highest BCUT2D eigenvalue weighted by Crippen LogP contribution is 2.45. The van der Waals surface area contributed by atoms with E-state index >= 15 is 0 Å². The lowest BCUT2D eigenvalue weighted by Gasteiger charge is -2.31. The van der Waals surface area contributed by atoms with E-state index in [0.29, 0.717) is 41.7 Å². The molecule has 1 saturated heterocycles. The Hall–Kier alpha value is -2.57. The van der Waals surface area contributed by atoms with Gasteiger partial charge in [0, 0.05) is 57.7 Å². The van der Waals surface area contributed by atoms with Crippen LogP contribution in [0.1, 0.15) is 52.3 Å². The van der Waals surface area contributed by atoms with Gasteiger partial charge in [0.05, 0.1) is 5.69 Å². The summed E-state index contributed by atoms with van der Waals surface area (Å²) in [6, 6.07) is 13.8. The van der Waals surface area contributed by atoms with E-state index in [1.165, 1.54) is 23.9 Å². The molecule has 2 aliphatic heterocycles. The second-order valence-corrected chi connectivity index (χ2v) is 10.9. The van der Waals surface area contributed by atoms with E-state index in [4.69, 9.17) is 11.6 Å². The fraction of sp³-hybridized carbons (Fsp3) is 0.333. The van der Waals surface area contributed by atoms with Crippen LogP contribution in [-0.4, -0.2) is 28.5 Å². The second-order valence-electron chi connectivity index (χ2n) is 9.23. The molecule has 34 heavy (non-hydrogen) atoms. The lowest BCUT2D eigenvalue weighted by Crippen LogP contribution is -2.41. The van der Waals surface area contributed by atoms with Crippen molar-refractivity contribution in [3.8, 4) is 5.69 Å². The van der Waals surface area contributed by atoms with Gasteiger partial charge in [-0.25, -0.2) is 4.39 Å². The zero-order valence-corrected chi connectivity index (χ0v) is 20.8. The molecule has 1 amide bonds. The minimum absolute atomic E-state index is 0.199. The van der Waals surface area contributed by atoms with Crippen LogP contribution in [0, 0.1) is 18.7 Å². The van der Waals surface area contributed by atoms with Crippen LogP contribution in [0.5, 0.6) is 0 Å². The lowest BCUT2D eigenvalue weighted by atomic mass is 9.97. The fourth-order valence-electron chi connectivity index (χ4n) is 4.97. The van der Waals surface area contributed by atoms with Crippen LogP contribution >= 0.6 is 23.4 Å². The van der Waals surface area contributed by atoms with Crippen molar-refractivity contribution in [2.45, 2.75) is 43.3 Å². The van der Waals surface area contributed by atoms with Crippen LogP contribution in [-0.2, 0) is 6.42 Å². The summed E-state index contributed by atoms with van der Waals surface area (Å²) in [4.78, 5) is 29.7. The van der Waals surface area contributed by atoms with E-state index in [1.54, 1.807) is 23.1 Å². The Morgan fingerprint density at radius 3 is 2.59 bits per heavy atom. The maximum absolute atomic E-state index is 14.9. The Balaban J connectivity index is 1.72. The molecule has 0 radical (unpaired) electrons. The largest absolute Gasteiger partial charge is 0.338 e. The van der Waals surface area contributed by atoms with E-state index < -0.39 is 0 Å². The molecular weight excluding hydrogens is 471 g/mol. The third-order valence-electron chi connectivity index (χ3n) is 6.85. The molecule has 0 saturated carbocycles. The number of nitrogens with zero attached hydrogens (tertiary/aromatic N) is 2. The Labute approximate surface area is 207 Å². The third kappa shape index (κ3) is 4.18. The topological polar surface area (TPSA) is 42.3 Å². The van der Waals surface area contributed by atoms with Crippen molar-refractivity contribution < 1.29 is 9.18 Å². The molecule has 0 N–H and O–H groups in total. The number of aromatic nitrogens is 1. The third-order valence-corrected chi connectivity index (χ3v) is 8.37. The van der Waals surface area contributed by atoms with Gasteiger partial charge >= 0.3 is 0 Å². The average Bonchev–Trinajstić information content (AvgIpc) is 2.96. The number of fused-ring (bicyclic) bond motifs is 3. The van der Waals surface area contributed by atoms with Crippen LogP contribution in [0.4, 0.5) is 4.39 Å². The van der Waals surface area contributed by atoms with Crippen molar-refractivity contribution in [1.82, 2.24) is 9.47 Å². The molecule has 2 aromatic carbocycles. The number of thioether (sulfide) groups is 1. The van der Waals surface area contributed by atoms with Gasteiger partial charge in [0.2, 0.25) is 0 Å². The standard InChI is InChI=1S/C27H26ClFN2O2S/c1-16-9-11-30(12-10-16)27(33)26-22-15-24(19-5-3-4-6-20(19)29)34-25-14-18(28)7-8-21(25)31(22)17(2)13-23(26)32/h3-8,13-14,16,24H,9-12,15H2,1-2H3. The van der Waals surface area contributed by atoms with E-state index in [0.717, 1.165) is 29.1 Å². The lowest BCUT2D eigenvalue weighted by molar-refractivity contribution is 0.0694. The second kappa shape index (κ2) is 9.23. The first kappa shape index (κ1) is 23.2. The predicted octanol–water partition coefficient (Wildman–Crippen LogP) is 6.20. The van der Waals surface area contributed by atoms with Crippen LogP contribution < -0.4 is 5.43 Å². The first-order chi connectivity index (χ1) is 16.3. The summed E-state index contributed by atoms with van der Waals surface area (Å²) in [6.45, 7) is 5.34. The van der Waals surface area contributed by atoms with Crippen molar-refractivity contribution in [3.05, 3.63) is 92.1 Å². The summed E-state index contributed by atoms with van der Waals surface area (Å²) >= 11 is 7.85. The van der Waals surface area contributed by atoms with Crippen LogP contribution in [0.2, 0.25) is 5.02 Å². The zero-order valence-electron chi connectivity index (χ0n) is 19.2. The number of hydrogen-bond donors (Lipinski definition) is 0. The summed E-state index contributed by atoms with van der Waals surface area (Å²) in [6.07, 6.45) is 2.20. The predicted molar refractivity (Wildman–Crippen MR) is 135 cm³/mol. The van der Waals surface area contributed by atoms with Gasteiger partial charge in [-0.1, -0.05) is 36.7 Å². The van der Waals surface area contributed by atoms with Crippen LogP contribution in [0.25, 0.3) is 5.69 Å². The molecule has 1 fully saturated rings. The summed E-state index contributed by atoms with van der Waals surface area (Å²) < 4.78 is 16.9. The highest BCUT2D eigenvalue weighted by atomic mass is 35.5. The SMILES string of the molecule is Cc1cc(=O)c(C(=O)N2CCC(C)CC2)c2n1-c1ccc(Cl)cc1SC(c1ccccc1F)C2. The monoisotopic (exact) mass is 496 g/mol. The summed E-state index contributed by atoms with van der Waals surface area (Å²) in [7, 11) is 0. The molecule has 3 heterocycles. The van der Waals surface area contributed by atoms with Crippen LogP contribution in [0.3, 0.4) is 0 Å². The molecule has 0 spiro atoms. The van der Waals surface area contributed by atoms with E-state index in [1.807, 2.05) is 29.7 Å². The quantitative estimate of drug-likeness (QED) is 0.424. The van der Waals surface area contributed by atoms with Gasteiger partial charge in [-0.05, 0) is 49.9 Å². The molecule has 0 bridgehead atoms. The number of likely N-dealkylation sites (tertiary alicyclic amines) is 1. The molecule has 1 atom stereocenters. The van der Waals surface area contributed by atoms with Gasteiger partial charge in [-0.3, -0.25) is 9.59 Å². The number of piperidine rings is 1. The Morgan fingerprint density at radius 1 is 1.12 bits per heavy atom. The molecule has 0 aliphatic carbocycles. The molecule has 5 rings (SSSR count). The molecule has 2 aliphatic rings. The fourth-order valence-corrected chi connectivity index (χ4v) is 6.55. The molecule has 176 valence electrons. The molecule has 7 heteroatoms. The number of pyridine rings is 1. The first-order valence-corrected chi connectivity index (χ1v) is 12.8. The Kier molecular flexibility index (Phi) is 6.30. The van der Waals surface area contributed by atoms with Crippen molar-refractivity contribution in [2.24, 2.45) is 5.92 Å². The maximum atomic E-state index is 14.9. The number of amides is 1. The number of rotatable bonds is 2. The summed E-state index contributed by atoms with van der Waals surface area (Å²) in [5.41, 5.74) is 2.69. The number of aryl methyl sites for hydroxylation is 1. The highest BCUT2D eigenvalue weighted by molar-refractivity contribution is 7.99. The normalized spacial score (nSPS) is 18.2. The summed E-state index contributed by atoms with van der Waals surface area (Å²) in [5, 5.41) is 0.265. The van der Waals surface area contributed by atoms with E-state index in [-0.39, 0.29) is 28.0 Å². The summed E-state index contributed by atoms with van der Waals surface area (Å²) in [5.74, 6) is 0.0408. The average molecular weight is 497 g/mol. The van der Waals surface area contributed by atoms with Crippen molar-refractivity contribution in [3.63, 3.8) is 0 Å². The minimum Gasteiger partial charge on any atom is -0.338 e. The van der Waals surface area contributed by atoms with Gasteiger partial charge in [0.25, 0.3) is 5.91 Å². The number of benzene rings is 2. The first-order valence-electron chi connectivity index (χ1n) is 11.6. The Bertz CT molecular complexity index is 1330. The number of hydrogen-bond acceptors (Lipinski definition) is 3. The molecule has 4 nitrogen and oxygen atoms in total. The maximum Gasteiger partial charge on any atom is 0.259 e. The van der Waals surface area contributed by atoms with Crippen molar-refractivity contribution in [2.75, 3.05) is 13.1 Å². The van der Waals surface area contributed by atoms with E-state index in [2.05, 4.69) is 6.92 Å². The van der Waals surface area contributed by atoms with Crippen LogP contribution in [0.15, 0.2) is 58.2 Å². The minimum atomic E-state index is -0.318. The molecule has 3 aromatic rings. The van der Waals surface area contributed by atoms with Gasteiger partial charge < -0.3 is 9.47 Å².